The van der Waals surface area contributed by atoms with Crippen molar-refractivity contribution in [2.24, 2.45) is 5.84 Å². The van der Waals surface area contributed by atoms with E-state index in [-0.39, 0.29) is 6.04 Å². The molecule has 0 aliphatic heterocycles. The normalized spacial score (nSPS) is 12.7. The Kier molecular flexibility index (Phi) is 5.45. The van der Waals surface area contributed by atoms with E-state index in [0.717, 1.165) is 23.5 Å². The van der Waals surface area contributed by atoms with E-state index in [4.69, 9.17) is 11.6 Å². The van der Waals surface area contributed by atoms with Crippen molar-refractivity contribution in [1.82, 2.24) is 10.4 Å². The van der Waals surface area contributed by atoms with Crippen LogP contribution in [0.3, 0.4) is 0 Å². The van der Waals surface area contributed by atoms with Gasteiger partial charge < -0.3 is 5.73 Å². The standard InChI is InChI=1S/C10H18N4S/c1-2-15-7-9(14-12)6-8-4-3-5-13-10(8)11/h3-5,9,14H,2,6-7,12H2,1H3,(H2,11,13). The molecule has 0 fully saturated rings. The lowest BCUT2D eigenvalue weighted by Crippen LogP contribution is -2.38. The molecule has 0 saturated carbocycles. The van der Waals surface area contributed by atoms with Crippen molar-refractivity contribution in [3.05, 3.63) is 23.9 Å². The van der Waals surface area contributed by atoms with Gasteiger partial charge in [0.05, 0.1) is 0 Å². The topological polar surface area (TPSA) is 77.0 Å². The summed E-state index contributed by atoms with van der Waals surface area (Å²) in [5.41, 5.74) is 9.63. The number of hydrogen-bond acceptors (Lipinski definition) is 5. The number of hydrogen-bond donors (Lipinski definition) is 3. The number of anilines is 1. The predicted octanol–water partition coefficient (Wildman–Crippen LogP) is 0.791. The highest BCUT2D eigenvalue weighted by molar-refractivity contribution is 7.99. The highest BCUT2D eigenvalue weighted by Gasteiger charge is 2.09. The Morgan fingerprint density at radius 2 is 2.40 bits per heavy atom. The molecule has 0 aromatic carbocycles. The highest BCUT2D eigenvalue weighted by Crippen LogP contribution is 2.12. The molecule has 84 valence electrons. The minimum Gasteiger partial charge on any atom is -0.383 e. The summed E-state index contributed by atoms with van der Waals surface area (Å²) >= 11 is 1.86. The number of nitrogen functional groups attached to an aromatic ring is 1. The van der Waals surface area contributed by atoms with Crippen LogP contribution in [0.15, 0.2) is 18.3 Å². The second kappa shape index (κ2) is 6.66. The molecule has 0 aliphatic carbocycles. The Balaban J connectivity index is 2.54. The van der Waals surface area contributed by atoms with E-state index in [9.17, 15) is 0 Å². The van der Waals surface area contributed by atoms with Crippen LogP contribution in [0.2, 0.25) is 0 Å². The second-order valence-corrected chi connectivity index (χ2v) is 4.59. The Labute approximate surface area is 94.8 Å². The van der Waals surface area contributed by atoms with Crippen LogP contribution >= 0.6 is 11.8 Å². The van der Waals surface area contributed by atoms with Crippen LogP contribution in [-0.4, -0.2) is 22.5 Å². The first-order chi connectivity index (χ1) is 7.27. The summed E-state index contributed by atoms with van der Waals surface area (Å²) in [6.07, 6.45) is 2.52. The summed E-state index contributed by atoms with van der Waals surface area (Å²) < 4.78 is 0. The number of pyridine rings is 1. The van der Waals surface area contributed by atoms with Gasteiger partial charge in [0.1, 0.15) is 5.82 Å². The summed E-state index contributed by atoms with van der Waals surface area (Å²) in [5.74, 6) is 8.17. The van der Waals surface area contributed by atoms with Crippen LogP contribution in [0.25, 0.3) is 0 Å². The monoisotopic (exact) mass is 226 g/mol. The number of rotatable bonds is 6. The molecule has 5 N–H and O–H groups in total. The van der Waals surface area contributed by atoms with Gasteiger partial charge in [-0.3, -0.25) is 11.3 Å². The summed E-state index contributed by atoms with van der Waals surface area (Å²) in [4.78, 5) is 4.05. The van der Waals surface area contributed by atoms with E-state index >= 15 is 0 Å². The smallest absolute Gasteiger partial charge is 0.126 e. The van der Waals surface area contributed by atoms with Gasteiger partial charge in [-0.2, -0.15) is 11.8 Å². The number of hydrazine groups is 1. The van der Waals surface area contributed by atoms with Crippen LogP contribution in [0, 0.1) is 0 Å². The maximum absolute atomic E-state index is 5.77. The fourth-order valence-electron chi connectivity index (χ4n) is 1.31. The summed E-state index contributed by atoms with van der Waals surface area (Å²) in [6, 6.07) is 4.14. The average molecular weight is 226 g/mol. The zero-order valence-corrected chi connectivity index (χ0v) is 9.76. The van der Waals surface area contributed by atoms with Crippen molar-refractivity contribution in [3.8, 4) is 0 Å². The third kappa shape index (κ3) is 4.07. The molecule has 1 heterocycles. The lowest BCUT2D eigenvalue weighted by Gasteiger charge is -2.15. The van der Waals surface area contributed by atoms with Gasteiger partial charge in [-0.1, -0.05) is 13.0 Å². The third-order valence-electron chi connectivity index (χ3n) is 2.15. The molecule has 0 saturated heterocycles. The molecule has 1 rings (SSSR count). The van der Waals surface area contributed by atoms with Crippen molar-refractivity contribution in [3.63, 3.8) is 0 Å². The fraction of sp³-hybridized carbons (Fsp3) is 0.500. The van der Waals surface area contributed by atoms with Crippen LogP contribution in [0.1, 0.15) is 12.5 Å². The maximum atomic E-state index is 5.77. The lowest BCUT2D eigenvalue weighted by molar-refractivity contribution is 0.575. The molecular formula is C10H18N4S. The number of nitrogens with two attached hydrogens (primary N) is 2. The molecule has 0 amide bonds. The number of nitrogens with one attached hydrogen (secondary N) is 1. The molecule has 4 nitrogen and oxygen atoms in total. The van der Waals surface area contributed by atoms with Gasteiger partial charge in [-0.25, -0.2) is 4.98 Å². The molecule has 0 radical (unpaired) electrons. The van der Waals surface area contributed by atoms with Gasteiger partial charge in [0, 0.05) is 18.0 Å². The first-order valence-electron chi connectivity index (χ1n) is 5.01. The molecule has 0 spiro atoms. The van der Waals surface area contributed by atoms with Crippen LogP contribution in [0.5, 0.6) is 0 Å². The van der Waals surface area contributed by atoms with Gasteiger partial charge in [-0.15, -0.1) is 0 Å². The van der Waals surface area contributed by atoms with Gasteiger partial charge in [0.2, 0.25) is 0 Å². The molecule has 0 bridgehead atoms. The van der Waals surface area contributed by atoms with Crippen molar-refractivity contribution < 1.29 is 0 Å². The van der Waals surface area contributed by atoms with E-state index in [1.807, 2.05) is 23.9 Å². The summed E-state index contributed by atoms with van der Waals surface area (Å²) in [5, 5.41) is 0. The van der Waals surface area contributed by atoms with Crippen LogP contribution < -0.4 is 17.0 Å². The molecule has 1 aromatic heterocycles. The fourth-order valence-corrected chi connectivity index (χ4v) is 2.05. The van der Waals surface area contributed by atoms with Crippen LogP contribution in [-0.2, 0) is 6.42 Å². The Morgan fingerprint density at radius 1 is 1.60 bits per heavy atom. The predicted molar refractivity (Wildman–Crippen MR) is 66.5 cm³/mol. The largest absolute Gasteiger partial charge is 0.383 e. The molecule has 15 heavy (non-hydrogen) atoms. The molecule has 0 aliphatic rings. The van der Waals surface area contributed by atoms with E-state index in [0.29, 0.717) is 5.82 Å². The number of nitrogens with zero attached hydrogens (tertiary/aromatic N) is 1. The second-order valence-electron chi connectivity index (χ2n) is 3.27. The van der Waals surface area contributed by atoms with Crippen molar-refractivity contribution >= 4 is 17.6 Å². The van der Waals surface area contributed by atoms with Crippen molar-refractivity contribution in [1.29, 1.82) is 0 Å². The summed E-state index contributed by atoms with van der Waals surface area (Å²) in [6.45, 7) is 2.14. The first-order valence-corrected chi connectivity index (χ1v) is 6.16. The van der Waals surface area contributed by atoms with Gasteiger partial charge in [0.15, 0.2) is 0 Å². The highest BCUT2D eigenvalue weighted by atomic mass is 32.2. The van der Waals surface area contributed by atoms with Crippen molar-refractivity contribution in [2.75, 3.05) is 17.2 Å². The molecule has 1 atom stereocenters. The summed E-state index contributed by atoms with van der Waals surface area (Å²) in [7, 11) is 0. The minimum absolute atomic E-state index is 0.251. The van der Waals surface area contributed by atoms with E-state index < -0.39 is 0 Å². The molecular weight excluding hydrogens is 208 g/mol. The zero-order valence-electron chi connectivity index (χ0n) is 8.94. The quantitative estimate of drug-likeness (QED) is 0.494. The molecule has 5 heteroatoms. The van der Waals surface area contributed by atoms with E-state index in [2.05, 4.69) is 17.3 Å². The molecule has 1 aromatic rings. The zero-order chi connectivity index (χ0) is 11.1. The molecule has 1 unspecified atom stereocenters. The minimum atomic E-state index is 0.251. The van der Waals surface area contributed by atoms with Crippen LogP contribution in [0.4, 0.5) is 5.82 Å². The Hall–Kier alpha value is -0.780. The van der Waals surface area contributed by atoms with Gasteiger partial charge in [-0.05, 0) is 23.8 Å². The van der Waals surface area contributed by atoms with Gasteiger partial charge >= 0.3 is 0 Å². The van der Waals surface area contributed by atoms with Crippen molar-refractivity contribution in [2.45, 2.75) is 19.4 Å². The maximum Gasteiger partial charge on any atom is 0.126 e. The number of thioether (sulfide) groups is 1. The van der Waals surface area contributed by atoms with E-state index in [1.165, 1.54) is 0 Å². The first kappa shape index (κ1) is 12.3. The number of aromatic nitrogens is 1. The third-order valence-corrected chi connectivity index (χ3v) is 3.20. The van der Waals surface area contributed by atoms with E-state index in [1.54, 1.807) is 6.20 Å². The SMILES string of the molecule is CCSCC(Cc1cccnc1N)NN. The average Bonchev–Trinajstić information content (AvgIpc) is 2.26. The Morgan fingerprint density at radius 3 is 3.00 bits per heavy atom. The Bertz CT molecular complexity index is 293. The van der Waals surface area contributed by atoms with Gasteiger partial charge in [0.25, 0.3) is 0 Å². The lowest BCUT2D eigenvalue weighted by atomic mass is 10.1.